The summed E-state index contributed by atoms with van der Waals surface area (Å²) in [5.74, 6) is -0.444. The van der Waals surface area contributed by atoms with Crippen LogP contribution in [0.5, 0.6) is 0 Å². The summed E-state index contributed by atoms with van der Waals surface area (Å²) in [6, 6.07) is 6.66. The summed E-state index contributed by atoms with van der Waals surface area (Å²) in [5, 5.41) is 2.64. The molecule has 92 valence electrons. The van der Waals surface area contributed by atoms with Crippen LogP contribution in [-0.4, -0.2) is 20.2 Å². The average Bonchev–Trinajstić information content (AvgIpc) is 2.15. The molecule has 1 aromatic carbocycles. The highest BCUT2D eigenvalue weighted by Gasteiger charge is 2.20. The Hall–Kier alpha value is -1.62. The van der Waals surface area contributed by atoms with E-state index >= 15 is 0 Å². The zero-order valence-corrected chi connectivity index (χ0v) is 11.5. The number of carbonyl (C=O) groups is 2. The van der Waals surface area contributed by atoms with Crippen molar-refractivity contribution in [3.05, 3.63) is 29.8 Å². The number of carbonyl (C=O) groups excluding carboxylic acids is 2. The number of hydrogen-bond acceptors (Lipinski definition) is 3. The minimum Gasteiger partial charge on any atom is -0.516 e. The first kappa shape index (κ1) is 13.4. The molecule has 1 rings (SSSR count). The quantitative estimate of drug-likeness (QED) is 0.840. The van der Waals surface area contributed by atoms with Gasteiger partial charge in [0.25, 0.3) is 0 Å². The van der Waals surface area contributed by atoms with Gasteiger partial charge in [0.05, 0.1) is 5.56 Å². The summed E-state index contributed by atoms with van der Waals surface area (Å²) >= 11 is 0. The third-order valence-electron chi connectivity index (χ3n) is 1.84. The van der Waals surface area contributed by atoms with Crippen molar-refractivity contribution in [3.8, 4) is 0 Å². The summed E-state index contributed by atoms with van der Waals surface area (Å²) < 4.78 is 5.36. The Morgan fingerprint density at radius 3 is 2.06 bits per heavy atom. The molecule has 0 aliphatic carbocycles. The van der Waals surface area contributed by atoms with Crippen molar-refractivity contribution in [2.75, 3.05) is 5.32 Å². The lowest BCUT2D eigenvalue weighted by molar-refractivity contribution is -0.114. The van der Waals surface area contributed by atoms with Gasteiger partial charge in [-0.25, -0.2) is 4.79 Å². The molecule has 1 aromatic rings. The Morgan fingerprint density at radius 2 is 1.65 bits per heavy atom. The normalized spacial score (nSPS) is 10.8. The van der Waals surface area contributed by atoms with Gasteiger partial charge >= 0.3 is 5.97 Å². The lowest BCUT2D eigenvalue weighted by Crippen LogP contribution is -2.29. The number of hydrogen-bond donors (Lipinski definition) is 1. The van der Waals surface area contributed by atoms with Crippen molar-refractivity contribution in [2.24, 2.45) is 0 Å². The van der Waals surface area contributed by atoms with E-state index in [0.717, 1.165) is 0 Å². The fourth-order valence-electron chi connectivity index (χ4n) is 1.23. The van der Waals surface area contributed by atoms with Gasteiger partial charge in [0.1, 0.15) is 0 Å². The molecule has 0 aromatic heterocycles. The van der Waals surface area contributed by atoms with Crippen molar-refractivity contribution in [3.63, 3.8) is 0 Å². The molecule has 4 nitrogen and oxygen atoms in total. The second-order valence-electron chi connectivity index (χ2n) is 4.76. The lowest BCUT2D eigenvalue weighted by Gasteiger charge is -2.17. The third kappa shape index (κ3) is 4.82. The maximum absolute atomic E-state index is 11.7. The van der Waals surface area contributed by atoms with Gasteiger partial charge in [0.2, 0.25) is 14.2 Å². The highest BCUT2D eigenvalue weighted by molar-refractivity contribution is 6.71. The lowest BCUT2D eigenvalue weighted by atomic mass is 10.2. The van der Waals surface area contributed by atoms with E-state index in [1.165, 1.54) is 6.92 Å². The average molecular weight is 251 g/mol. The fourth-order valence-corrected chi connectivity index (χ4v) is 1.90. The molecule has 0 saturated carbocycles. The smallest absolute Gasteiger partial charge is 0.324 e. The number of amides is 1. The number of benzene rings is 1. The Balaban J connectivity index is 2.74. The molecule has 0 spiro atoms. The van der Waals surface area contributed by atoms with Crippen LogP contribution in [0, 0.1) is 0 Å². The van der Waals surface area contributed by atoms with Crippen LogP contribution in [0.2, 0.25) is 19.6 Å². The topological polar surface area (TPSA) is 55.4 Å². The van der Waals surface area contributed by atoms with E-state index in [0.29, 0.717) is 11.3 Å². The van der Waals surface area contributed by atoms with E-state index < -0.39 is 8.32 Å². The summed E-state index contributed by atoms with van der Waals surface area (Å²) in [4.78, 5) is 22.5. The number of rotatable bonds is 3. The fraction of sp³-hybridized carbons (Fsp3) is 0.333. The third-order valence-corrected chi connectivity index (χ3v) is 2.64. The molecule has 0 aliphatic rings. The van der Waals surface area contributed by atoms with Crippen molar-refractivity contribution in [2.45, 2.75) is 26.6 Å². The molecule has 0 bridgehead atoms. The van der Waals surface area contributed by atoms with Gasteiger partial charge in [-0.2, -0.15) is 0 Å². The highest BCUT2D eigenvalue weighted by Crippen LogP contribution is 2.13. The van der Waals surface area contributed by atoms with Gasteiger partial charge < -0.3 is 9.74 Å². The van der Waals surface area contributed by atoms with Crippen LogP contribution in [0.1, 0.15) is 17.3 Å². The van der Waals surface area contributed by atoms with Gasteiger partial charge in [-0.15, -0.1) is 0 Å². The Kier molecular flexibility index (Phi) is 4.06. The summed E-state index contributed by atoms with van der Waals surface area (Å²) in [5.41, 5.74) is 1.17. The summed E-state index contributed by atoms with van der Waals surface area (Å²) in [7, 11) is -1.86. The SMILES string of the molecule is CC(=O)Nc1ccc(C(=O)O[Si](C)(C)C)cc1. The van der Waals surface area contributed by atoms with Crippen molar-refractivity contribution < 1.29 is 14.0 Å². The first-order valence-electron chi connectivity index (χ1n) is 5.39. The largest absolute Gasteiger partial charge is 0.516 e. The number of anilines is 1. The van der Waals surface area contributed by atoms with Crippen LogP contribution in [0.3, 0.4) is 0 Å². The molecular weight excluding hydrogens is 234 g/mol. The molecule has 0 atom stereocenters. The van der Waals surface area contributed by atoms with Crippen molar-refractivity contribution in [1.82, 2.24) is 0 Å². The second kappa shape index (κ2) is 5.14. The monoisotopic (exact) mass is 251 g/mol. The van der Waals surface area contributed by atoms with Crippen LogP contribution in [0.4, 0.5) is 5.69 Å². The van der Waals surface area contributed by atoms with Gasteiger partial charge in [0.15, 0.2) is 0 Å². The van der Waals surface area contributed by atoms with E-state index in [1.807, 2.05) is 19.6 Å². The Morgan fingerprint density at radius 1 is 1.12 bits per heavy atom. The molecule has 5 heteroatoms. The predicted octanol–water partition coefficient (Wildman–Crippen LogP) is 2.64. The van der Waals surface area contributed by atoms with Gasteiger partial charge in [-0.3, -0.25) is 4.79 Å². The zero-order chi connectivity index (χ0) is 13.1. The van der Waals surface area contributed by atoms with E-state index in [9.17, 15) is 9.59 Å². The molecule has 17 heavy (non-hydrogen) atoms. The molecule has 0 fully saturated rings. The summed E-state index contributed by atoms with van der Waals surface area (Å²) in [6.45, 7) is 7.30. The summed E-state index contributed by atoms with van der Waals surface area (Å²) in [6.07, 6.45) is 0. The molecule has 1 amide bonds. The molecule has 0 heterocycles. The Labute approximate surface area is 102 Å². The van der Waals surface area contributed by atoms with E-state index in [4.69, 9.17) is 4.43 Å². The first-order valence-corrected chi connectivity index (χ1v) is 8.80. The van der Waals surface area contributed by atoms with E-state index in [-0.39, 0.29) is 11.9 Å². The molecular formula is C12H17NO3Si. The van der Waals surface area contributed by atoms with Crippen LogP contribution in [0.15, 0.2) is 24.3 Å². The minimum atomic E-state index is -1.86. The maximum atomic E-state index is 11.7. The van der Waals surface area contributed by atoms with Crippen LogP contribution >= 0.6 is 0 Å². The molecule has 0 radical (unpaired) electrons. The first-order chi connectivity index (χ1) is 7.78. The van der Waals surface area contributed by atoms with E-state index in [2.05, 4.69) is 5.32 Å². The van der Waals surface area contributed by atoms with Gasteiger partial charge in [-0.05, 0) is 43.9 Å². The molecule has 1 N–H and O–H groups in total. The second-order valence-corrected chi connectivity index (χ2v) is 9.19. The van der Waals surface area contributed by atoms with Gasteiger partial charge in [-0.1, -0.05) is 0 Å². The van der Waals surface area contributed by atoms with Crippen molar-refractivity contribution in [1.29, 1.82) is 0 Å². The number of nitrogens with one attached hydrogen (secondary N) is 1. The standard InChI is InChI=1S/C12H17NO3Si/c1-9(14)13-11-7-5-10(6-8-11)12(15)16-17(2,3)4/h5-8H,1-4H3,(H,13,14). The van der Waals surface area contributed by atoms with E-state index in [1.54, 1.807) is 24.3 Å². The molecule has 0 unspecified atom stereocenters. The molecule has 0 saturated heterocycles. The molecule has 0 aliphatic heterocycles. The zero-order valence-electron chi connectivity index (χ0n) is 10.5. The minimum absolute atomic E-state index is 0.137. The van der Waals surface area contributed by atoms with Crippen molar-refractivity contribution >= 4 is 25.9 Å². The van der Waals surface area contributed by atoms with Crippen LogP contribution in [-0.2, 0) is 9.22 Å². The van der Waals surface area contributed by atoms with Crippen LogP contribution < -0.4 is 5.32 Å². The Bertz CT molecular complexity index is 420. The predicted molar refractivity (Wildman–Crippen MR) is 69.5 cm³/mol. The van der Waals surface area contributed by atoms with Gasteiger partial charge in [0, 0.05) is 12.6 Å². The maximum Gasteiger partial charge on any atom is 0.324 e. The highest BCUT2D eigenvalue weighted by atomic mass is 28.4. The van der Waals surface area contributed by atoms with Crippen LogP contribution in [0.25, 0.3) is 0 Å².